The minimum Gasteiger partial charge on any atom is -0.234 e. The van der Waals surface area contributed by atoms with Crippen LogP contribution in [0.25, 0.3) is 0 Å². The van der Waals surface area contributed by atoms with E-state index in [0.29, 0.717) is 10.8 Å². The molecule has 0 saturated heterocycles. The molecule has 0 aliphatic heterocycles. The van der Waals surface area contributed by atoms with Crippen molar-refractivity contribution in [3.63, 3.8) is 0 Å². The van der Waals surface area contributed by atoms with Crippen LogP contribution in [-0.4, -0.2) is 4.98 Å². The minimum atomic E-state index is 0.545. The molecule has 0 atom stereocenters. The van der Waals surface area contributed by atoms with Crippen molar-refractivity contribution < 1.29 is 0 Å². The van der Waals surface area contributed by atoms with E-state index in [1.807, 2.05) is 30.3 Å². The Morgan fingerprint density at radius 3 is 2.40 bits per heavy atom. The van der Waals surface area contributed by atoms with Gasteiger partial charge in [0.05, 0.1) is 10.7 Å². The van der Waals surface area contributed by atoms with Gasteiger partial charge in [-0.1, -0.05) is 29.8 Å². The van der Waals surface area contributed by atoms with Gasteiger partial charge < -0.3 is 0 Å². The van der Waals surface area contributed by atoms with E-state index < -0.39 is 0 Å². The largest absolute Gasteiger partial charge is 0.234 e. The second-order valence-corrected chi connectivity index (χ2v) is 3.31. The predicted octanol–water partition coefficient (Wildman–Crippen LogP) is 4.15. The number of hydrogen-bond acceptors (Lipinski definition) is 3. The summed E-state index contributed by atoms with van der Waals surface area (Å²) in [6, 6.07) is 12.9. The summed E-state index contributed by atoms with van der Waals surface area (Å²) in [6.45, 7) is 0. The van der Waals surface area contributed by atoms with E-state index in [1.165, 1.54) is 0 Å². The zero-order chi connectivity index (χ0) is 10.5. The van der Waals surface area contributed by atoms with Gasteiger partial charge in [0.25, 0.3) is 0 Å². The SMILES string of the molecule is Clc1ccc(/N=N/c2ccccc2)nc1. The fourth-order valence-electron chi connectivity index (χ4n) is 1.03. The van der Waals surface area contributed by atoms with Crippen molar-refractivity contribution in [3.05, 3.63) is 53.7 Å². The van der Waals surface area contributed by atoms with Crippen LogP contribution >= 0.6 is 11.6 Å². The second kappa shape index (κ2) is 4.66. The first-order chi connectivity index (χ1) is 7.34. The van der Waals surface area contributed by atoms with Crippen LogP contribution in [0.2, 0.25) is 5.02 Å². The first-order valence-corrected chi connectivity index (χ1v) is 4.81. The highest BCUT2D eigenvalue weighted by Gasteiger charge is 1.91. The van der Waals surface area contributed by atoms with Crippen LogP contribution < -0.4 is 0 Å². The summed E-state index contributed by atoms with van der Waals surface area (Å²) in [5.74, 6) is 0.545. The Hall–Kier alpha value is -1.74. The van der Waals surface area contributed by atoms with Gasteiger partial charge in [-0.15, -0.1) is 10.2 Å². The normalized spacial score (nSPS) is 10.7. The molecule has 74 valence electrons. The van der Waals surface area contributed by atoms with E-state index in [2.05, 4.69) is 15.2 Å². The summed E-state index contributed by atoms with van der Waals surface area (Å²) in [5, 5.41) is 8.59. The smallest absolute Gasteiger partial charge is 0.174 e. The number of azo groups is 1. The second-order valence-electron chi connectivity index (χ2n) is 2.87. The van der Waals surface area contributed by atoms with Gasteiger partial charge in [-0.05, 0) is 24.3 Å². The number of halogens is 1. The molecule has 15 heavy (non-hydrogen) atoms. The topological polar surface area (TPSA) is 37.6 Å². The van der Waals surface area contributed by atoms with E-state index >= 15 is 0 Å². The zero-order valence-corrected chi connectivity index (χ0v) is 8.59. The van der Waals surface area contributed by atoms with E-state index in [-0.39, 0.29) is 0 Å². The van der Waals surface area contributed by atoms with Gasteiger partial charge in [-0.3, -0.25) is 0 Å². The third-order valence-electron chi connectivity index (χ3n) is 1.74. The van der Waals surface area contributed by atoms with E-state index in [0.717, 1.165) is 5.69 Å². The average Bonchev–Trinajstić information content (AvgIpc) is 2.30. The van der Waals surface area contributed by atoms with Gasteiger partial charge >= 0.3 is 0 Å². The lowest BCUT2D eigenvalue weighted by atomic mass is 10.3. The Labute approximate surface area is 92.5 Å². The number of rotatable bonds is 2. The van der Waals surface area contributed by atoms with Crippen molar-refractivity contribution >= 4 is 23.1 Å². The molecule has 2 rings (SSSR count). The van der Waals surface area contributed by atoms with Crippen molar-refractivity contribution in [3.8, 4) is 0 Å². The van der Waals surface area contributed by atoms with Crippen molar-refractivity contribution in [1.82, 2.24) is 4.98 Å². The molecule has 1 heterocycles. The molecule has 3 nitrogen and oxygen atoms in total. The van der Waals surface area contributed by atoms with Crippen LogP contribution in [0.3, 0.4) is 0 Å². The van der Waals surface area contributed by atoms with Gasteiger partial charge in [0.15, 0.2) is 5.82 Å². The van der Waals surface area contributed by atoms with Crippen LogP contribution in [0, 0.1) is 0 Å². The third-order valence-corrected chi connectivity index (χ3v) is 1.96. The van der Waals surface area contributed by atoms with Crippen molar-refractivity contribution in [2.24, 2.45) is 10.2 Å². The summed E-state index contributed by atoms with van der Waals surface area (Å²) < 4.78 is 0. The minimum absolute atomic E-state index is 0.545. The molecule has 4 heteroatoms. The van der Waals surface area contributed by atoms with Gasteiger partial charge in [-0.2, -0.15) is 0 Å². The monoisotopic (exact) mass is 217 g/mol. The summed E-state index contributed by atoms with van der Waals surface area (Å²) in [4.78, 5) is 4.00. The number of pyridine rings is 1. The van der Waals surface area contributed by atoms with Gasteiger partial charge in [0.2, 0.25) is 0 Å². The van der Waals surface area contributed by atoms with Crippen molar-refractivity contribution in [2.75, 3.05) is 0 Å². The van der Waals surface area contributed by atoms with Crippen LogP contribution in [0.5, 0.6) is 0 Å². The first kappa shape index (κ1) is 9.80. The Kier molecular flexibility index (Phi) is 3.05. The molecule has 1 aromatic carbocycles. The summed E-state index contributed by atoms with van der Waals surface area (Å²) in [7, 11) is 0. The first-order valence-electron chi connectivity index (χ1n) is 4.43. The molecule has 0 spiro atoms. The Morgan fingerprint density at radius 1 is 0.933 bits per heavy atom. The lowest BCUT2D eigenvalue weighted by Gasteiger charge is -1.92. The molecule has 0 aliphatic carbocycles. The molecule has 0 fully saturated rings. The van der Waals surface area contributed by atoms with E-state index in [9.17, 15) is 0 Å². The van der Waals surface area contributed by atoms with Gasteiger partial charge in [0, 0.05) is 6.20 Å². The predicted molar refractivity (Wildman–Crippen MR) is 59.9 cm³/mol. The Morgan fingerprint density at radius 2 is 1.73 bits per heavy atom. The highest BCUT2D eigenvalue weighted by Crippen LogP contribution is 2.16. The number of hydrogen-bond donors (Lipinski definition) is 0. The molecule has 1 aromatic heterocycles. The average molecular weight is 218 g/mol. The Bertz CT molecular complexity index is 451. The fourth-order valence-corrected chi connectivity index (χ4v) is 1.14. The van der Waals surface area contributed by atoms with Crippen LogP contribution in [0.15, 0.2) is 58.9 Å². The molecule has 2 aromatic rings. The molecule has 0 bridgehead atoms. The third kappa shape index (κ3) is 2.86. The van der Waals surface area contributed by atoms with Crippen molar-refractivity contribution in [1.29, 1.82) is 0 Å². The lowest BCUT2D eigenvalue weighted by molar-refractivity contribution is 1.15. The maximum Gasteiger partial charge on any atom is 0.174 e. The molecule has 0 saturated carbocycles. The molecular formula is C11H8ClN3. The summed E-state index contributed by atoms with van der Waals surface area (Å²) in [5.41, 5.74) is 0.800. The molecule has 0 radical (unpaired) electrons. The zero-order valence-electron chi connectivity index (χ0n) is 7.84. The molecule has 0 aliphatic rings. The molecule has 0 N–H and O–H groups in total. The molecule has 0 amide bonds. The Balaban J connectivity index is 2.15. The van der Waals surface area contributed by atoms with Crippen LogP contribution in [-0.2, 0) is 0 Å². The maximum absolute atomic E-state index is 5.69. The van der Waals surface area contributed by atoms with Gasteiger partial charge in [0.1, 0.15) is 0 Å². The van der Waals surface area contributed by atoms with E-state index in [4.69, 9.17) is 11.6 Å². The molecular weight excluding hydrogens is 210 g/mol. The van der Waals surface area contributed by atoms with Gasteiger partial charge in [-0.25, -0.2) is 4.98 Å². The summed E-state index contributed by atoms with van der Waals surface area (Å²) >= 11 is 5.69. The summed E-state index contributed by atoms with van der Waals surface area (Å²) in [6.07, 6.45) is 1.54. The number of aromatic nitrogens is 1. The standard InChI is InChI=1S/C11H8ClN3/c12-9-6-7-11(13-8-9)15-14-10-4-2-1-3-5-10/h1-8H/b15-14+. The van der Waals surface area contributed by atoms with Crippen molar-refractivity contribution in [2.45, 2.75) is 0 Å². The lowest BCUT2D eigenvalue weighted by Crippen LogP contribution is -1.71. The quantitative estimate of drug-likeness (QED) is 0.697. The van der Waals surface area contributed by atoms with Crippen LogP contribution in [0.4, 0.5) is 11.5 Å². The number of benzene rings is 1. The number of nitrogens with zero attached hydrogens (tertiary/aromatic N) is 3. The highest BCUT2D eigenvalue weighted by molar-refractivity contribution is 6.30. The van der Waals surface area contributed by atoms with E-state index in [1.54, 1.807) is 18.3 Å². The van der Waals surface area contributed by atoms with Crippen LogP contribution in [0.1, 0.15) is 0 Å². The fraction of sp³-hybridized carbons (Fsp3) is 0. The molecule has 0 unspecified atom stereocenters. The highest BCUT2D eigenvalue weighted by atomic mass is 35.5. The maximum atomic E-state index is 5.69.